The molecule has 0 fully saturated rings. The van der Waals surface area contributed by atoms with E-state index in [4.69, 9.17) is 0 Å². The number of carbonyl (C=O) groups is 2. The van der Waals surface area contributed by atoms with Gasteiger partial charge in [0, 0.05) is 24.3 Å². The highest BCUT2D eigenvalue weighted by Crippen LogP contribution is 2.36. The maximum atomic E-state index is 13.7. The lowest BCUT2D eigenvalue weighted by Crippen LogP contribution is -2.19. The smallest absolute Gasteiger partial charge is 0.325 e. The molecule has 0 aliphatic heterocycles. The van der Waals surface area contributed by atoms with E-state index in [0.717, 1.165) is 23.5 Å². The minimum absolute atomic E-state index is 0.0783. The van der Waals surface area contributed by atoms with E-state index in [9.17, 15) is 27.2 Å². The Morgan fingerprint density at radius 2 is 1.75 bits per heavy atom. The molecule has 0 aliphatic rings. The Bertz CT molecular complexity index is 1160. The van der Waals surface area contributed by atoms with Crippen molar-refractivity contribution in [3.8, 4) is 0 Å². The fourth-order valence-electron chi connectivity index (χ4n) is 3.13. The molecule has 0 saturated heterocycles. The number of benzene rings is 2. The lowest BCUT2D eigenvalue weighted by molar-refractivity contribution is -0.136. The Hall–Kier alpha value is -3.69. The second-order valence-electron chi connectivity index (χ2n) is 7.14. The zero-order valence-corrected chi connectivity index (χ0v) is 17.3. The summed E-state index contributed by atoms with van der Waals surface area (Å²) in [4.78, 5) is 24.4. The average Bonchev–Trinajstić information content (AvgIpc) is 3.04. The van der Waals surface area contributed by atoms with Crippen molar-refractivity contribution in [3.05, 3.63) is 76.9 Å². The molecular weight excluding hydrogens is 428 g/mol. The third-order valence-corrected chi connectivity index (χ3v) is 4.63. The molecule has 0 spiro atoms. The quantitative estimate of drug-likeness (QED) is 0.525. The molecule has 0 bridgehead atoms. The summed E-state index contributed by atoms with van der Waals surface area (Å²) >= 11 is 0. The summed E-state index contributed by atoms with van der Waals surface area (Å²) in [5.74, 6) is -2.31. The van der Waals surface area contributed by atoms with Crippen LogP contribution < -0.4 is 10.6 Å². The van der Waals surface area contributed by atoms with Gasteiger partial charge in [0.05, 0.1) is 22.5 Å². The van der Waals surface area contributed by atoms with Crippen LogP contribution in [0.15, 0.2) is 48.5 Å². The number of rotatable bonds is 6. The van der Waals surface area contributed by atoms with Gasteiger partial charge in [-0.1, -0.05) is 12.1 Å². The van der Waals surface area contributed by atoms with Crippen LogP contribution in [0, 0.1) is 19.7 Å². The van der Waals surface area contributed by atoms with Crippen molar-refractivity contribution in [1.82, 2.24) is 9.78 Å². The Labute approximate surface area is 181 Å². The molecule has 2 aromatic carbocycles. The standard InChI is InChI=1S/C22H20F4N4O2/c1-13-11-14(2)30(29-13)10-9-20(31)28-19-8-7-15(12-17(19)22(24,25)26)27-21(32)16-5-3-4-6-18(16)23/h3-8,11-12H,9-10H2,1-2H3,(H,27,32)(H,28,31). The van der Waals surface area contributed by atoms with Gasteiger partial charge in [0.1, 0.15) is 5.82 Å². The molecule has 2 amide bonds. The zero-order valence-electron chi connectivity index (χ0n) is 17.3. The maximum absolute atomic E-state index is 13.7. The van der Waals surface area contributed by atoms with Crippen molar-refractivity contribution in [1.29, 1.82) is 0 Å². The van der Waals surface area contributed by atoms with Crippen LogP contribution in [0.25, 0.3) is 0 Å². The molecular formula is C22H20F4N4O2. The molecule has 0 unspecified atom stereocenters. The zero-order chi connectivity index (χ0) is 23.5. The summed E-state index contributed by atoms with van der Waals surface area (Å²) in [7, 11) is 0. The lowest BCUT2D eigenvalue weighted by Gasteiger charge is -2.16. The molecule has 1 aromatic heterocycles. The number of anilines is 2. The first-order valence-electron chi connectivity index (χ1n) is 9.62. The van der Waals surface area contributed by atoms with Crippen LogP contribution in [-0.4, -0.2) is 21.6 Å². The van der Waals surface area contributed by atoms with Crippen LogP contribution in [0.1, 0.15) is 33.7 Å². The summed E-state index contributed by atoms with van der Waals surface area (Å²) < 4.78 is 56.1. The highest BCUT2D eigenvalue weighted by molar-refractivity contribution is 6.04. The largest absolute Gasteiger partial charge is 0.418 e. The summed E-state index contributed by atoms with van der Waals surface area (Å²) in [5, 5.41) is 8.71. The number of hydrogen-bond donors (Lipinski definition) is 2. The van der Waals surface area contributed by atoms with Crippen molar-refractivity contribution in [2.45, 2.75) is 33.0 Å². The Morgan fingerprint density at radius 1 is 1.03 bits per heavy atom. The summed E-state index contributed by atoms with van der Waals surface area (Å²) in [5.41, 5.74) is -0.464. The number of alkyl halides is 3. The highest BCUT2D eigenvalue weighted by atomic mass is 19.4. The molecule has 0 aliphatic carbocycles. The lowest BCUT2D eigenvalue weighted by atomic mass is 10.1. The van der Waals surface area contributed by atoms with E-state index in [1.165, 1.54) is 24.3 Å². The summed E-state index contributed by atoms with van der Waals surface area (Å²) in [6.45, 7) is 3.82. The Morgan fingerprint density at radius 3 is 2.38 bits per heavy atom. The average molecular weight is 448 g/mol. The van der Waals surface area contributed by atoms with Crippen LogP contribution in [-0.2, 0) is 17.5 Å². The van der Waals surface area contributed by atoms with Gasteiger partial charge in [-0.15, -0.1) is 0 Å². The predicted octanol–water partition coefficient (Wildman–Crippen LogP) is 4.94. The van der Waals surface area contributed by atoms with Crippen molar-refractivity contribution >= 4 is 23.2 Å². The first-order chi connectivity index (χ1) is 15.0. The van der Waals surface area contributed by atoms with E-state index in [0.29, 0.717) is 6.07 Å². The SMILES string of the molecule is Cc1cc(C)n(CCC(=O)Nc2ccc(NC(=O)c3ccccc3F)cc2C(F)(F)F)n1. The van der Waals surface area contributed by atoms with E-state index in [-0.39, 0.29) is 24.2 Å². The summed E-state index contributed by atoms with van der Waals surface area (Å²) in [6, 6.07) is 9.87. The molecule has 10 heteroatoms. The number of aryl methyl sites for hydroxylation is 3. The topological polar surface area (TPSA) is 76.0 Å². The molecule has 1 heterocycles. The number of carbonyl (C=O) groups excluding carboxylic acids is 2. The van der Waals surface area contributed by atoms with Gasteiger partial charge in [-0.05, 0) is 50.2 Å². The van der Waals surface area contributed by atoms with E-state index >= 15 is 0 Å². The number of halogens is 4. The first-order valence-corrected chi connectivity index (χ1v) is 9.62. The van der Waals surface area contributed by atoms with E-state index in [1.54, 1.807) is 11.6 Å². The summed E-state index contributed by atoms with van der Waals surface area (Å²) in [6.07, 6.45) is -4.87. The second kappa shape index (κ2) is 9.21. The van der Waals surface area contributed by atoms with Crippen LogP contribution in [0.3, 0.4) is 0 Å². The Balaban J connectivity index is 1.75. The molecule has 6 nitrogen and oxygen atoms in total. The highest BCUT2D eigenvalue weighted by Gasteiger charge is 2.34. The molecule has 0 atom stereocenters. The van der Waals surface area contributed by atoms with Crippen LogP contribution in [0.4, 0.5) is 28.9 Å². The molecule has 3 aromatic rings. The van der Waals surface area contributed by atoms with E-state index in [1.807, 2.05) is 13.0 Å². The van der Waals surface area contributed by atoms with Gasteiger partial charge in [-0.2, -0.15) is 18.3 Å². The van der Waals surface area contributed by atoms with Gasteiger partial charge in [-0.25, -0.2) is 4.39 Å². The van der Waals surface area contributed by atoms with Crippen molar-refractivity contribution in [2.24, 2.45) is 0 Å². The normalized spacial score (nSPS) is 11.3. The second-order valence-corrected chi connectivity index (χ2v) is 7.14. The maximum Gasteiger partial charge on any atom is 0.418 e. The number of amides is 2. The molecule has 3 rings (SSSR count). The number of hydrogen-bond acceptors (Lipinski definition) is 3. The van der Waals surface area contributed by atoms with Crippen LogP contribution >= 0.6 is 0 Å². The van der Waals surface area contributed by atoms with Crippen LogP contribution in [0.2, 0.25) is 0 Å². The molecule has 168 valence electrons. The first kappa shape index (κ1) is 23.0. The monoisotopic (exact) mass is 448 g/mol. The number of nitrogens with one attached hydrogen (secondary N) is 2. The van der Waals surface area contributed by atoms with Crippen molar-refractivity contribution in [3.63, 3.8) is 0 Å². The molecule has 32 heavy (non-hydrogen) atoms. The van der Waals surface area contributed by atoms with E-state index in [2.05, 4.69) is 15.7 Å². The van der Waals surface area contributed by atoms with E-state index < -0.39 is 35.1 Å². The van der Waals surface area contributed by atoms with Gasteiger partial charge < -0.3 is 10.6 Å². The van der Waals surface area contributed by atoms with Crippen LogP contribution in [0.5, 0.6) is 0 Å². The number of aromatic nitrogens is 2. The molecule has 2 N–H and O–H groups in total. The van der Waals surface area contributed by atoms with Gasteiger partial charge in [-0.3, -0.25) is 14.3 Å². The fraction of sp³-hybridized carbons (Fsp3) is 0.227. The molecule has 0 saturated carbocycles. The van der Waals surface area contributed by atoms with Gasteiger partial charge in [0.2, 0.25) is 5.91 Å². The van der Waals surface area contributed by atoms with Crippen molar-refractivity contribution in [2.75, 3.05) is 10.6 Å². The van der Waals surface area contributed by atoms with Gasteiger partial charge in [0.25, 0.3) is 5.91 Å². The molecule has 0 radical (unpaired) electrons. The minimum atomic E-state index is -4.79. The third-order valence-electron chi connectivity index (χ3n) is 4.63. The van der Waals surface area contributed by atoms with Gasteiger partial charge >= 0.3 is 6.18 Å². The van der Waals surface area contributed by atoms with Crippen molar-refractivity contribution < 1.29 is 27.2 Å². The fourth-order valence-corrected chi connectivity index (χ4v) is 3.13. The predicted molar refractivity (Wildman–Crippen MR) is 111 cm³/mol. The Kier molecular flexibility index (Phi) is 6.61. The third kappa shape index (κ3) is 5.51. The number of nitrogens with zero attached hydrogens (tertiary/aromatic N) is 2. The minimum Gasteiger partial charge on any atom is -0.325 e. The van der Waals surface area contributed by atoms with Gasteiger partial charge in [0.15, 0.2) is 0 Å².